The molecule has 37 heavy (non-hydrogen) atoms. The highest BCUT2D eigenvalue weighted by Gasteiger charge is 2.39. The number of aromatic nitrogens is 2. The molecule has 12 heteroatoms. The van der Waals surface area contributed by atoms with Gasteiger partial charge >= 0.3 is 12.2 Å². The first-order chi connectivity index (χ1) is 17.5. The van der Waals surface area contributed by atoms with Crippen LogP contribution >= 0.6 is 23.2 Å². The lowest BCUT2D eigenvalue weighted by atomic mass is 9.93. The molecule has 6 nitrogen and oxygen atoms in total. The highest BCUT2D eigenvalue weighted by atomic mass is 35.5. The van der Waals surface area contributed by atoms with Crippen LogP contribution in [0.4, 0.5) is 17.6 Å². The van der Waals surface area contributed by atoms with Gasteiger partial charge in [-0.1, -0.05) is 35.3 Å². The van der Waals surface area contributed by atoms with E-state index in [1.54, 1.807) is 24.1 Å². The lowest BCUT2D eigenvalue weighted by Gasteiger charge is -2.29. The summed E-state index contributed by atoms with van der Waals surface area (Å²) in [5.41, 5.74) is 0.175. The van der Waals surface area contributed by atoms with Gasteiger partial charge in [-0.05, 0) is 42.4 Å². The van der Waals surface area contributed by atoms with Crippen LogP contribution in [-0.2, 0) is 12.7 Å². The smallest absolute Gasteiger partial charge is 0.419 e. The summed E-state index contributed by atoms with van der Waals surface area (Å²) < 4.78 is 58.0. The van der Waals surface area contributed by atoms with E-state index in [0.717, 1.165) is 17.7 Å². The number of likely N-dealkylation sites (tertiary alicyclic amines) is 1. The summed E-state index contributed by atoms with van der Waals surface area (Å²) in [5, 5.41) is 0.746. The summed E-state index contributed by atoms with van der Waals surface area (Å²) in [7, 11) is 3.19. The summed E-state index contributed by atoms with van der Waals surface area (Å²) in [4.78, 5) is 24.7. The monoisotopic (exact) mass is 556 g/mol. The van der Waals surface area contributed by atoms with Crippen LogP contribution in [-0.4, -0.2) is 59.0 Å². The Balaban J connectivity index is 1.60. The largest absolute Gasteiger partial charge is 0.467 e. The average Bonchev–Trinajstić information content (AvgIpc) is 3.30. The van der Waals surface area contributed by atoms with Crippen molar-refractivity contribution in [3.63, 3.8) is 0 Å². The lowest BCUT2D eigenvalue weighted by Crippen LogP contribution is -2.38. The fraction of sp³-hybridized carbons (Fsp3) is 0.320. The normalized spacial score (nSPS) is 17.9. The first-order valence-corrected chi connectivity index (χ1v) is 11.9. The highest BCUT2D eigenvalue weighted by molar-refractivity contribution is 6.42. The Hall–Kier alpha value is -2.95. The van der Waals surface area contributed by atoms with Gasteiger partial charge in [-0.25, -0.2) is 14.4 Å². The molecule has 196 valence electrons. The van der Waals surface area contributed by atoms with Gasteiger partial charge < -0.3 is 9.64 Å². The zero-order valence-corrected chi connectivity index (χ0v) is 21.3. The number of benzene rings is 2. The number of carbonyl (C=O) groups is 1. The van der Waals surface area contributed by atoms with Crippen molar-refractivity contribution in [2.24, 2.45) is 0 Å². The molecule has 0 saturated carbocycles. The van der Waals surface area contributed by atoms with Crippen LogP contribution in [0.3, 0.4) is 0 Å². The van der Waals surface area contributed by atoms with Crippen molar-refractivity contribution in [1.82, 2.24) is 19.8 Å². The predicted molar refractivity (Wildman–Crippen MR) is 130 cm³/mol. The molecule has 0 bridgehead atoms. The van der Waals surface area contributed by atoms with Gasteiger partial charge in [-0.15, -0.1) is 0 Å². The maximum atomic E-state index is 14.2. The van der Waals surface area contributed by atoms with Gasteiger partial charge in [0.25, 0.3) is 5.91 Å². The second kappa shape index (κ2) is 10.8. The van der Waals surface area contributed by atoms with Gasteiger partial charge in [0, 0.05) is 44.0 Å². The first kappa shape index (κ1) is 27.1. The number of nitrogens with zero attached hydrogens (tertiary/aromatic N) is 4. The Kier molecular flexibility index (Phi) is 7.91. The molecule has 0 radical (unpaired) electrons. The fourth-order valence-electron chi connectivity index (χ4n) is 4.48. The minimum atomic E-state index is -4.77. The van der Waals surface area contributed by atoms with Gasteiger partial charge in [0.1, 0.15) is 5.82 Å². The summed E-state index contributed by atoms with van der Waals surface area (Å²) in [6.07, 6.45) is -2.01. The zero-order chi connectivity index (χ0) is 26.9. The van der Waals surface area contributed by atoms with E-state index in [-0.39, 0.29) is 36.0 Å². The van der Waals surface area contributed by atoms with Crippen molar-refractivity contribution < 1.29 is 27.1 Å². The molecule has 2 aromatic carbocycles. The lowest BCUT2D eigenvalue weighted by molar-refractivity contribution is -0.140. The van der Waals surface area contributed by atoms with Crippen LogP contribution in [0.2, 0.25) is 10.0 Å². The van der Waals surface area contributed by atoms with Crippen LogP contribution in [0.15, 0.2) is 48.8 Å². The summed E-state index contributed by atoms with van der Waals surface area (Å²) >= 11 is 12.3. The average molecular weight is 557 g/mol. The fourth-order valence-corrected chi connectivity index (χ4v) is 4.78. The first-order valence-electron chi connectivity index (χ1n) is 11.1. The highest BCUT2D eigenvalue weighted by Crippen LogP contribution is 2.36. The van der Waals surface area contributed by atoms with E-state index in [1.807, 2.05) is 11.0 Å². The Bertz CT molecular complexity index is 1290. The number of ether oxygens (including phenoxy) is 1. The number of amides is 1. The number of alkyl halides is 3. The predicted octanol–water partition coefficient (Wildman–Crippen LogP) is 5.69. The number of halogens is 6. The molecule has 0 aliphatic carbocycles. The number of likely N-dealkylation sites (N-methyl/N-ethyl adjacent to an activating group) is 1. The Morgan fingerprint density at radius 1 is 1.11 bits per heavy atom. The van der Waals surface area contributed by atoms with Crippen LogP contribution in [0.1, 0.15) is 33.0 Å². The van der Waals surface area contributed by atoms with E-state index in [1.165, 1.54) is 25.6 Å². The molecule has 0 spiro atoms. The molecule has 0 N–H and O–H groups in total. The number of rotatable bonds is 6. The topological polar surface area (TPSA) is 58.6 Å². The SMILES string of the molecule is COc1ncc(C(=O)N2CC(c3ccc(Cl)c(Cl)c3)C(N(C)Cc3ccc(C(F)(F)F)c(F)c3)C2)cn1. The quantitative estimate of drug-likeness (QED) is 0.365. The Labute approximate surface area is 220 Å². The molecule has 2 unspecified atom stereocenters. The third kappa shape index (κ3) is 5.97. The van der Waals surface area contributed by atoms with Crippen molar-refractivity contribution in [3.8, 4) is 6.01 Å². The molecule has 4 rings (SSSR count). The van der Waals surface area contributed by atoms with Crippen LogP contribution < -0.4 is 4.74 Å². The molecule has 2 heterocycles. The number of carbonyl (C=O) groups excluding carboxylic acids is 1. The second-order valence-corrected chi connectivity index (χ2v) is 9.56. The van der Waals surface area contributed by atoms with Gasteiger partial charge in [-0.3, -0.25) is 9.69 Å². The summed E-state index contributed by atoms with van der Waals surface area (Å²) in [6.45, 7) is 0.791. The minimum Gasteiger partial charge on any atom is -0.467 e. The molecule has 2 atom stereocenters. The maximum absolute atomic E-state index is 14.2. The third-order valence-corrected chi connectivity index (χ3v) is 7.08. The van der Waals surface area contributed by atoms with Crippen LogP contribution in [0.25, 0.3) is 0 Å². The van der Waals surface area contributed by atoms with E-state index in [9.17, 15) is 22.4 Å². The van der Waals surface area contributed by atoms with Gasteiger partial charge in [0.15, 0.2) is 0 Å². The van der Waals surface area contributed by atoms with Gasteiger partial charge in [0.05, 0.1) is 28.3 Å². The van der Waals surface area contributed by atoms with Crippen LogP contribution in [0, 0.1) is 5.82 Å². The zero-order valence-electron chi connectivity index (χ0n) is 19.8. The molecule has 1 amide bonds. The standard InChI is InChI=1S/C25H22Cl2F4N4O2/c1-34(11-14-3-5-18(21(28)7-14)25(29,30)31)22-13-35(23(36)16-9-32-24(37-2)33-10-16)12-17(22)15-4-6-19(26)20(27)8-15/h3-10,17,22H,11-13H2,1-2H3. The van der Waals surface area contributed by atoms with Crippen molar-refractivity contribution in [2.45, 2.75) is 24.7 Å². The molecule has 1 aliphatic rings. The number of hydrogen-bond donors (Lipinski definition) is 0. The van der Waals surface area contributed by atoms with E-state index >= 15 is 0 Å². The molecule has 1 saturated heterocycles. The van der Waals surface area contributed by atoms with Crippen molar-refractivity contribution >= 4 is 29.1 Å². The Morgan fingerprint density at radius 2 is 1.81 bits per heavy atom. The Morgan fingerprint density at radius 3 is 2.41 bits per heavy atom. The second-order valence-electron chi connectivity index (χ2n) is 8.74. The summed E-state index contributed by atoms with van der Waals surface area (Å²) in [5.74, 6) is -1.83. The molecule has 3 aromatic rings. The van der Waals surface area contributed by atoms with Crippen molar-refractivity contribution in [2.75, 3.05) is 27.2 Å². The molecule has 1 aliphatic heterocycles. The van der Waals surface area contributed by atoms with E-state index in [4.69, 9.17) is 27.9 Å². The van der Waals surface area contributed by atoms with Crippen molar-refractivity contribution in [3.05, 3.63) is 86.9 Å². The number of hydrogen-bond acceptors (Lipinski definition) is 5. The third-order valence-electron chi connectivity index (χ3n) is 6.34. The van der Waals surface area contributed by atoms with Crippen LogP contribution in [0.5, 0.6) is 6.01 Å². The molecule has 1 aromatic heterocycles. The molecular formula is C25H22Cl2F4N4O2. The molecular weight excluding hydrogens is 535 g/mol. The number of methoxy groups -OCH3 is 1. The summed E-state index contributed by atoms with van der Waals surface area (Å²) in [6, 6.07) is 7.98. The van der Waals surface area contributed by atoms with Gasteiger partial charge in [-0.2, -0.15) is 13.2 Å². The van der Waals surface area contributed by atoms with E-state index in [2.05, 4.69) is 9.97 Å². The molecule has 1 fully saturated rings. The van der Waals surface area contributed by atoms with Crippen molar-refractivity contribution in [1.29, 1.82) is 0 Å². The van der Waals surface area contributed by atoms with Gasteiger partial charge in [0.2, 0.25) is 0 Å². The maximum Gasteiger partial charge on any atom is 0.419 e. The van der Waals surface area contributed by atoms with E-state index < -0.39 is 17.6 Å². The minimum absolute atomic E-state index is 0.132. The van der Waals surface area contributed by atoms with E-state index in [0.29, 0.717) is 28.7 Å².